The predicted molar refractivity (Wildman–Crippen MR) is 73.8 cm³/mol. The van der Waals surface area contributed by atoms with Crippen LogP contribution in [0.3, 0.4) is 0 Å². The maximum Gasteiger partial charge on any atom is 0.122 e. The van der Waals surface area contributed by atoms with Gasteiger partial charge < -0.3 is 9.64 Å². The summed E-state index contributed by atoms with van der Waals surface area (Å²) in [4.78, 5) is 2.22. The number of hydrogen-bond donors (Lipinski definition) is 0. The molecule has 96 valence electrons. The lowest BCUT2D eigenvalue weighted by Gasteiger charge is -2.13. The second-order valence-corrected chi connectivity index (χ2v) is 4.87. The fourth-order valence-corrected chi connectivity index (χ4v) is 1.84. The Hall–Kier alpha value is -1.02. The van der Waals surface area contributed by atoms with Crippen LogP contribution in [0.15, 0.2) is 18.2 Å². The Labute approximate surface area is 106 Å². The molecule has 0 aliphatic rings. The molecule has 0 saturated heterocycles. The largest absolute Gasteiger partial charge is 0.493 e. The molecule has 0 bridgehead atoms. The number of rotatable bonds is 7. The van der Waals surface area contributed by atoms with Crippen LogP contribution in [0.4, 0.5) is 0 Å². The van der Waals surface area contributed by atoms with Gasteiger partial charge in [0.05, 0.1) is 6.61 Å². The molecule has 0 atom stereocenters. The molecule has 0 radical (unpaired) electrons. The summed E-state index contributed by atoms with van der Waals surface area (Å²) in [6.45, 7) is 6.21. The monoisotopic (exact) mass is 235 g/mol. The highest BCUT2D eigenvalue weighted by atomic mass is 16.5. The van der Waals surface area contributed by atoms with Gasteiger partial charge in [0.2, 0.25) is 0 Å². The summed E-state index contributed by atoms with van der Waals surface area (Å²) in [6.07, 6.45) is 3.34. The first-order chi connectivity index (χ1) is 8.13. The molecule has 2 heteroatoms. The third-order valence-electron chi connectivity index (χ3n) is 2.73. The molecule has 0 amide bonds. The highest BCUT2D eigenvalue weighted by Crippen LogP contribution is 2.21. The molecule has 0 heterocycles. The van der Waals surface area contributed by atoms with Crippen LogP contribution >= 0.6 is 0 Å². The van der Waals surface area contributed by atoms with E-state index in [1.54, 1.807) is 0 Å². The fraction of sp³-hybridized carbons (Fsp3) is 0.600. The lowest BCUT2D eigenvalue weighted by Crippen LogP contribution is -2.13. The summed E-state index contributed by atoms with van der Waals surface area (Å²) < 4.78 is 5.79. The predicted octanol–water partition coefficient (Wildman–Crippen LogP) is 3.28. The number of ether oxygens (including phenoxy) is 1. The van der Waals surface area contributed by atoms with Crippen LogP contribution < -0.4 is 4.74 Å². The van der Waals surface area contributed by atoms with E-state index in [1.807, 2.05) is 0 Å². The third-order valence-corrected chi connectivity index (χ3v) is 2.73. The van der Waals surface area contributed by atoms with Crippen LogP contribution in [0.1, 0.15) is 30.9 Å². The third kappa shape index (κ3) is 5.22. The molecular weight excluding hydrogens is 210 g/mol. The van der Waals surface area contributed by atoms with E-state index in [0.717, 1.165) is 31.7 Å². The van der Waals surface area contributed by atoms with Gasteiger partial charge in [-0.25, -0.2) is 0 Å². The molecule has 17 heavy (non-hydrogen) atoms. The normalized spacial score (nSPS) is 10.9. The molecule has 0 spiro atoms. The molecule has 0 aliphatic heterocycles. The minimum Gasteiger partial charge on any atom is -0.493 e. The molecule has 1 aromatic rings. The smallest absolute Gasteiger partial charge is 0.122 e. The van der Waals surface area contributed by atoms with Crippen molar-refractivity contribution < 1.29 is 4.74 Å². The van der Waals surface area contributed by atoms with Crippen LogP contribution in [0.25, 0.3) is 0 Å². The van der Waals surface area contributed by atoms with E-state index < -0.39 is 0 Å². The summed E-state index contributed by atoms with van der Waals surface area (Å²) >= 11 is 0. The first-order valence-corrected chi connectivity index (χ1v) is 6.50. The van der Waals surface area contributed by atoms with Crippen LogP contribution in [-0.4, -0.2) is 32.1 Å². The number of benzene rings is 1. The van der Waals surface area contributed by atoms with Gasteiger partial charge in [-0.1, -0.05) is 24.6 Å². The Kier molecular flexibility index (Phi) is 6.06. The molecule has 1 aromatic carbocycles. The van der Waals surface area contributed by atoms with Crippen molar-refractivity contribution in [1.82, 2.24) is 4.90 Å². The summed E-state index contributed by atoms with van der Waals surface area (Å²) in [6, 6.07) is 6.48. The van der Waals surface area contributed by atoms with Gasteiger partial charge in [0, 0.05) is 0 Å². The Morgan fingerprint density at radius 1 is 1.24 bits per heavy atom. The Morgan fingerprint density at radius 2 is 2.00 bits per heavy atom. The van der Waals surface area contributed by atoms with Gasteiger partial charge in [0.15, 0.2) is 0 Å². The average molecular weight is 235 g/mol. The van der Waals surface area contributed by atoms with Gasteiger partial charge in [-0.15, -0.1) is 0 Å². The summed E-state index contributed by atoms with van der Waals surface area (Å²) in [7, 11) is 4.23. The molecular formula is C15H25NO. The van der Waals surface area contributed by atoms with Crippen molar-refractivity contribution in [1.29, 1.82) is 0 Å². The highest BCUT2D eigenvalue weighted by molar-refractivity contribution is 5.37. The van der Waals surface area contributed by atoms with E-state index in [0.29, 0.717) is 0 Å². The molecule has 1 rings (SSSR count). The van der Waals surface area contributed by atoms with E-state index in [2.05, 4.69) is 51.0 Å². The number of aryl methyl sites for hydroxylation is 2. The van der Waals surface area contributed by atoms with Crippen LogP contribution in [0, 0.1) is 6.92 Å². The van der Waals surface area contributed by atoms with E-state index in [4.69, 9.17) is 4.74 Å². The van der Waals surface area contributed by atoms with Crippen molar-refractivity contribution in [3.05, 3.63) is 29.3 Å². The van der Waals surface area contributed by atoms with Crippen LogP contribution in [0.5, 0.6) is 5.75 Å². The molecule has 0 fully saturated rings. The summed E-state index contributed by atoms with van der Waals surface area (Å²) in [5.74, 6) is 1.07. The summed E-state index contributed by atoms with van der Waals surface area (Å²) in [5, 5.41) is 0. The fourth-order valence-electron chi connectivity index (χ4n) is 1.84. The highest BCUT2D eigenvalue weighted by Gasteiger charge is 2.04. The van der Waals surface area contributed by atoms with Gasteiger partial charge >= 0.3 is 0 Å². The van der Waals surface area contributed by atoms with E-state index >= 15 is 0 Å². The van der Waals surface area contributed by atoms with Gasteiger partial charge in [0.1, 0.15) is 5.75 Å². The molecule has 0 N–H and O–H groups in total. The second kappa shape index (κ2) is 7.33. The summed E-state index contributed by atoms with van der Waals surface area (Å²) in [5.41, 5.74) is 2.66. The maximum atomic E-state index is 5.79. The van der Waals surface area contributed by atoms with E-state index in [9.17, 15) is 0 Å². The lowest BCUT2D eigenvalue weighted by atomic mass is 10.1. The molecule has 0 saturated carbocycles. The molecule has 0 unspecified atom stereocenters. The van der Waals surface area contributed by atoms with Gasteiger partial charge in [0.25, 0.3) is 0 Å². The number of nitrogens with zero attached hydrogens (tertiary/aromatic N) is 1. The van der Waals surface area contributed by atoms with Crippen molar-refractivity contribution >= 4 is 0 Å². The second-order valence-electron chi connectivity index (χ2n) is 4.87. The molecule has 0 aliphatic carbocycles. The van der Waals surface area contributed by atoms with Crippen molar-refractivity contribution in [2.45, 2.75) is 33.1 Å². The van der Waals surface area contributed by atoms with Crippen molar-refractivity contribution in [3.63, 3.8) is 0 Å². The van der Waals surface area contributed by atoms with Crippen LogP contribution in [-0.2, 0) is 6.42 Å². The zero-order valence-electron chi connectivity index (χ0n) is 11.6. The van der Waals surface area contributed by atoms with Gasteiger partial charge in [-0.05, 0) is 58.5 Å². The zero-order valence-corrected chi connectivity index (χ0v) is 11.6. The van der Waals surface area contributed by atoms with Crippen molar-refractivity contribution in [2.75, 3.05) is 27.2 Å². The standard InChI is InChI=1S/C15H25NO/c1-5-11-17-15-9-8-13(2)12-14(15)7-6-10-16(3)4/h8-9,12H,5-7,10-11H2,1-4H3. The quantitative estimate of drug-likeness (QED) is 0.719. The lowest BCUT2D eigenvalue weighted by molar-refractivity contribution is 0.313. The van der Waals surface area contributed by atoms with E-state index in [1.165, 1.54) is 17.5 Å². The SMILES string of the molecule is CCCOc1ccc(C)cc1CCCN(C)C. The van der Waals surface area contributed by atoms with Crippen molar-refractivity contribution in [2.24, 2.45) is 0 Å². The van der Waals surface area contributed by atoms with E-state index in [-0.39, 0.29) is 0 Å². The van der Waals surface area contributed by atoms with Crippen LogP contribution in [0.2, 0.25) is 0 Å². The van der Waals surface area contributed by atoms with Gasteiger partial charge in [-0.3, -0.25) is 0 Å². The first-order valence-electron chi connectivity index (χ1n) is 6.50. The van der Waals surface area contributed by atoms with Crippen molar-refractivity contribution in [3.8, 4) is 5.75 Å². The maximum absolute atomic E-state index is 5.79. The molecule has 0 aromatic heterocycles. The average Bonchev–Trinajstić information content (AvgIpc) is 2.27. The Balaban J connectivity index is 2.62. The first kappa shape index (κ1) is 14.0. The molecule has 2 nitrogen and oxygen atoms in total. The Bertz CT molecular complexity index is 334. The van der Waals surface area contributed by atoms with Gasteiger partial charge in [-0.2, -0.15) is 0 Å². The minimum absolute atomic E-state index is 0.809. The minimum atomic E-state index is 0.809. The topological polar surface area (TPSA) is 12.5 Å². The zero-order chi connectivity index (χ0) is 12.7. The Morgan fingerprint density at radius 3 is 2.65 bits per heavy atom. The number of hydrogen-bond acceptors (Lipinski definition) is 2.